The first kappa shape index (κ1) is 12.6. The molecule has 1 atom stereocenters. The van der Waals surface area contributed by atoms with E-state index >= 15 is 0 Å². The van der Waals surface area contributed by atoms with E-state index in [4.69, 9.17) is 5.11 Å². The summed E-state index contributed by atoms with van der Waals surface area (Å²) in [5.74, 6) is 0. The lowest BCUT2D eigenvalue weighted by Gasteiger charge is -2.26. The third-order valence-electron chi connectivity index (χ3n) is 3.39. The van der Waals surface area contributed by atoms with E-state index in [2.05, 4.69) is 35.8 Å². The van der Waals surface area contributed by atoms with Crippen LogP contribution in [0.5, 0.6) is 0 Å². The summed E-state index contributed by atoms with van der Waals surface area (Å²) in [5.41, 5.74) is 4.26. The van der Waals surface area contributed by atoms with Crippen LogP contribution in [-0.2, 0) is 13.0 Å². The van der Waals surface area contributed by atoms with Gasteiger partial charge in [0.25, 0.3) is 0 Å². The summed E-state index contributed by atoms with van der Waals surface area (Å²) in [6.07, 6.45) is 2.27. The molecule has 17 heavy (non-hydrogen) atoms. The maximum Gasteiger partial charge on any atom is 0.0556 e. The average molecular weight is 234 g/mol. The molecule has 1 heterocycles. The van der Waals surface area contributed by atoms with Gasteiger partial charge >= 0.3 is 0 Å². The molecule has 1 aliphatic heterocycles. The summed E-state index contributed by atoms with van der Waals surface area (Å²) >= 11 is 0. The third kappa shape index (κ3) is 3.06. The summed E-state index contributed by atoms with van der Waals surface area (Å²) in [6.45, 7) is 5.02. The van der Waals surface area contributed by atoms with Gasteiger partial charge in [-0.25, -0.2) is 0 Å². The van der Waals surface area contributed by atoms with Crippen LogP contribution >= 0.6 is 0 Å². The molecule has 0 aliphatic carbocycles. The maximum absolute atomic E-state index is 8.73. The lowest BCUT2D eigenvalue weighted by Crippen LogP contribution is -2.29. The van der Waals surface area contributed by atoms with E-state index < -0.39 is 0 Å². The highest BCUT2D eigenvalue weighted by molar-refractivity contribution is 5.36. The smallest absolute Gasteiger partial charge is 0.0556 e. The molecule has 0 aromatic heterocycles. The summed E-state index contributed by atoms with van der Waals surface area (Å²) in [7, 11) is 0. The van der Waals surface area contributed by atoms with Crippen LogP contribution in [-0.4, -0.2) is 24.8 Å². The molecular formula is C14H22N2O. The van der Waals surface area contributed by atoms with E-state index in [1.54, 1.807) is 0 Å². The topological polar surface area (TPSA) is 44.3 Å². The molecule has 0 fully saturated rings. The van der Waals surface area contributed by atoms with Crippen LogP contribution < -0.4 is 10.6 Å². The zero-order valence-corrected chi connectivity index (χ0v) is 10.5. The maximum atomic E-state index is 8.73. The second kappa shape index (κ2) is 6.15. The van der Waals surface area contributed by atoms with Crippen molar-refractivity contribution in [1.82, 2.24) is 10.6 Å². The Hall–Kier alpha value is -0.900. The van der Waals surface area contributed by atoms with Crippen molar-refractivity contribution >= 4 is 0 Å². The van der Waals surface area contributed by atoms with Crippen LogP contribution in [0.3, 0.4) is 0 Å². The van der Waals surface area contributed by atoms with Gasteiger partial charge in [0.1, 0.15) is 0 Å². The number of hydrogen-bond acceptors (Lipinski definition) is 3. The van der Waals surface area contributed by atoms with Crippen molar-refractivity contribution in [1.29, 1.82) is 0 Å². The van der Waals surface area contributed by atoms with Crippen molar-refractivity contribution in [3.8, 4) is 0 Å². The highest BCUT2D eigenvalue weighted by atomic mass is 16.3. The van der Waals surface area contributed by atoms with Gasteiger partial charge in [0.15, 0.2) is 0 Å². The van der Waals surface area contributed by atoms with Crippen molar-refractivity contribution in [3.63, 3.8) is 0 Å². The normalized spacial score (nSPS) is 19.1. The predicted molar refractivity (Wildman–Crippen MR) is 70.0 cm³/mol. The Morgan fingerprint density at radius 2 is 2.35 bits per heavy atom. The minimum atomic E-state index is 0.201. The Morgan fingerprint density at radius 1 is 1.47 bits per heavy atom. The second-order valence-electron chi connectivity index (χ2n) is 4.60. The van der Waals surface area contributed by atoms with Gasteiger partial charge in [0.05, 0.1) is 6.61 Å². The number of aliphatic hydroxyl groups is 1. The molecule has 1 aliphatic rings. The van der Waals surface area contributed by atoms with Gasteiger partial charge in [0.2, 0.25) is 0 Å². The molecule has 0 saturated heterocycles. The molecule has 1 aromatic carbocycles. The molecule has 94 valence electrons. The zero-order chi connectivity index (χ0) is 12.1. The number of hydrogen-bond donors (Lipinski definition) is 3. The Bertz CT molecular complexity index is 365. The van der Waals surface area contributed by atoms with Gasteiger partial charge in [-0.3, -0.25) is 0 Å². The lowest BCUT2D eigenvalue weighted by atomic mass is 9.91. The fourth-order valence-electron chi connectivity index (χ4n) is 2.49. The van der Waals surface area contributed by atoms with Crippen LogP contribution in [0.25, 0.3) is 0 Å². The van der Waals surface area contributed by atoms with Crippen molar-refractivity contribution in [2.45, 2.75) is 32.4 Å². The molecule has 0 saturated carbocycles. The van der Waals surface area contributed by atoms with Crippen molar-refractivity contribution in [2.75, 3.05) is 19.7 Å². The predicted octanol–water partition coefficient (Wildman–Crippen LogP) is 1.37. The highest BCUT2D eigenvalue weighted by Crippen LogP contribution is 2.25. The summed E-state index contributed by atoms with van der Waals surface area (Å²) in [4.78, 5) is 0. The largest absolute Gasteiger partial charge is 0.395 e. The van der Waals surface area contributed by atoms with E-state index in [1.807, 2.05) is 0 Å². The van der Waals surface area contributed by atoms with Gasteiger partial charge in [-0.2, -0.15) is 0 Å². The second-order valence-corrected chi connectivity index (χ2v) is 4.60. The standard InChI is InChI=1S/C14H22N2O/c1-2-14-13-4-3-11(10-15-7-8-17)9-12(13)5-6-16-14/h3-4,9,14-17H,2,5-8,10H2,1H3. The number of aliphatic hydroxyl groups excluding tert-OH is 1. The van der Waals surface area contributed by atoms with E-state index in [1.165, 1.54) is 16.7 Å². The molecule has 0 radical (unpaired) electrons. The lowest BCUT2D eigenvalue weighted by molar-refractivity contribution is 0.292. The van der Waals surface area contributed by atoms with Crippen LogP contribution in [0.2, 0.25) is 0 Å². The van der Waals surface area contributed by atoms with Crippen molar-refractivity contribution in [2.24, 2.45) is 0 Å². The molecule has 1 aromatic rings. The fourth-order valence-corrected chi connectivity index (χ4v) is 2.49. The molecular weight excluding hydrogens is 212 g/mol. The first-order valence-electron chi connectivity index (χ1n) is 6.51. The van der Waals surface area contributed by atoms with E-state index in [-0.39, 0.29) is 6.61 Å². The summed E-state index contributed by atoms with van der Waals surface area (Å²) in [5, 5.41) is 15.5. The Balaban J connectivity index is 2.08. The fraction of sp³-hybridized carbons (Fsp3) is 0.571. The summed E-state index contributed by atoms with van der Waals surface area (Å²) in [6, 6.07) is 7.28. The van der Waals surface area contributed by atoms with Gasteiger partial charge in [-0.05, 0) is 36.1 Å². The van der Waals surface area contributed by atoms with Gasteiger partial charge in [-0.1, -0.05) is 25.1 Å². The minimum Gasteiger partial charge on any atom is -0.395 e. The van der Waals surface area contributed by atoms with Crippen LogP contribution in [0.4, 0.5) is 0 Å². The highest BCUT2D eigenvalue weighted by Gasteiger charge is 2.17. The van der Waals surface area contributed by atoms with Crippen molar-refractivity contribution < 1.29 is 5.11 Å². The van der Waals surface area contributed by atoms with E-state index in [0.717, 1.165) is 25.9 Å². The molecule has 0 amide bonds. The molecule has 3 N–H and O–H groups in total. The Labute approximate surface area is 103 Å². The van der Waals surface area contributed by atoms with Crippen LogP contribution in [0.1, 0.15) is 36.1 Å². The van der Waals surface area contributed by atoms with Crippen LogP contribution in [0, 0.1) is 0 Å². The molecule has 2 rings (SSSR count). The number of rotatable bonds is 5. The van der Waals surface area contributed by atoms with Gasteiger partial charge < -0.3 is 15.7 Å². The Morgan fingerprint density at radius 3 is 3.12 bits per heavy atom. The first-order chi connectivity index (χ1) is 8.35. The third-order valence-corrected chi connectivity index (χ3v) is 3.39. The molecule has 3 heteroatoms. The number of fused-ring (bicyclic) bond motifs is 1. The molecule has 0 spiro atoms. The van der Waals surface area contributed by atoms with Crippen LogP contribution in [0.15, 0.2) is 18.2 Å². The molecule has 3 nitrogen and oxygen atoms in total. The van der Waals surface area contributed by atoms with Gasteiger partial charge in [0, 0.05) is 19.1 Å². The number of nitrogens with one attached hydrogen (secondary N) is 2. The first-order valence-corrected chi connectivity index (χ1v) is 6.51. The molecule has 1 unspecified atom stereocenters. The average Bonchev–Trinajstić information content (AvgIpc) is 2.38. The van der Waals surface area contributed by atoms with Gasteiger partial charge in [-0.15, -0.1) is 0 Å². The SMILES string of the molecule is CCC1NCCc2cc(CNCCO)ccc21. The summed E-state index contributed by atoms with van der Waals surface area (Å²) < 4.78 is 0. The number of benzene rings is 1. The monoisotopic (exact) mass is 234 g/mol. The Kier molecular flexibility index (Phi) is 4.54. The zero-order valence-electron chi connectivity index (χ0n) is 10.5. The molecule has 0 bridgehead atoms. The van der Waals surface area contributed by atoms with E-state index in [0.29, 0.717) is 12.6 Å². The quantitative estimate of drug-likeness (QED) is 0.674. The van der Waals surface area contributed by atoms with E-state index in [9.17, 15) is 0 Å². The minimum absolute atomic E-state index is 0.201. The van der Waals surface area contributed by atoms with Crippen molar-refractivity contribution in [3.05, 3.63) is 34.9 Å².